The Hall–Kier alpha value is -1.39. The van der Waals surface area contributed by atoms with Gasteiger partial charge in [0.1, 0.15) is 5.82 Å². The lowest BCUT2D eigenvalue weighted by molar-refractivity contribution is -0.117. The summed E-state index contributed by atoms with van der Waals surface area (Å²) in [6.07, 6.45) is 3.51. The minimum Gasteiger partial charge on any atom is -0.394 e. The third-order valence-corrected chi connectivity index (χ3v) is 2.72. The Bertz CT molecular complexity index is 445. The van der Waals surface area contributed by atoms with Gasteiger partial charge in [-0.15, -0.1) is 0 Å². The molecule has 1 atom stereocenters. The number of aliphatic hydroxyl groups is 1. The van der Waals surface area contributed by atoms with E-state index in [-0.39, 0.29) is 23.6 Å². The van der Waals surface area contributed by atoms with Crippen molar-refractivity contribution in [3.05, 3.63) is 40.7 Å². The Balaban J connectivity index is 2.63. The van der Waals surface area contributed by atoms with Crippen molar-refractivity contribution in [1.29, 1.82) is 0 Å². The maximum atomic E-state index is 12.9. The van der Waals surface area contributed by atoms with Gasteiger partial charge in [-0.3, -0.25) is 4.79 Å². The van der Waals surface area contributed by atoms with Crippen LogP contribution in [0.3, 0.4) is 0 Å². The third-order valence-electron chi connectivity index (χ3n) is 2.43. The molecule has 0 spiro atoms. The molecular weight excluding hydrogens is 257 g/mol. The zero-order valence-corrected chi connectivity index (χ0v) is 10.7. The normalized spacial score (nSPS) is 12.7. The van der Waals surface area contributed by atoms with Crippen LogP contribution in [-0.4, -0.2) is 23.7 Å². The van der Waals surface area contributed by atoms with Crippen LogP contribution in [0.2, 0.25) is 5.02 Å². The molecule has 0 heterocycles. The fourth-order valence-corrected chi connectivity index (χ4v) is 1.50. The van der Waals surface area contributed by atoms with Gasteiger partial charge >= 0.3 is 0 Å². The second kappa shape index (κ2) is 7.13. The number of amides is 1. The first kappa shape index (κ1) is 14.7. The summed E-state index contributed by atoms with van der Waals surface area (Å²) in [6, 6.07) is 3.94. The highest BCUT2D eigenvalue weighted by atomic mass is 35.5. The molecule has 1 aromatic carbocycles. The molecule has 0 saturated carbocycles. The van der Waals surface area contributed by atoms with E-state index in [2.05, 4.69) is 5.32 Å². The fourth-order valence-electron chi connectivity index (χ4n) is 1.31. The highest BCUT2D eigenvalue weighted by Crippen LogP contribution is 2.16. The molecule has 0 aromatic heterocycles. The summed E-state index contributed by atoms with van der Waals surface area (Å²) in [5, 5.41) is 11.6. The molecule has 0 fully saturated rings. The number of carbonyl (C=O) groups is 1. The first-order valence-electron chi connectivity index (χ1n) is 5.61. The number of benzene rings is 1. The first-order valence-corrected chi connectivity index (χ1v) is 5.99. The Morgan fingerprint density at radius 3 is 2.89 bits per heavy atom. The predicted octanol–water partition coefficient (Wildman–Crippen LogP) is 2.38. The maximum absolute atomic E-state index is 12.9. The minimum absolute atomic E-state index is 0.0133. The Labute approximate surface area is 110 Å². The number of hydrogen-bond donors (Lipinski definition) is 2. The van der Waals surface area contributed by atoms with Crippen LogP contribution in [0, 0.1) is 5.82 Å². The second-order valence-electron chi connectivity index (χ2n) is 3.80. The molecule has 0 aliphatic heterocycles. The zero-order valence-electron chi connectivity index (χ0n) is 9.99. The number of halogens is 2. The molecule has 5 heteroatoms. The van der Waals surface area contributed by atoms with Gasteiger partial charge in [0, 0.05) is 6.08 Å². The lowest BCUT2D eigenvalue weighted by atomic mass is 10.2. The van der Waals surface area contributed by atoms with Gasteiger partial charge in [0.25, 0.3) is 0 Å². The van der Waals surface area contributed by atoms with Gasteiger partial charge in [-0.1, -0.05) is 24.6 Å². The quantitative estimate of drug-likeness (QED) is 0.808. The first-order chi connectivity index (χ1) is 8.56. The summed E-state index contributed by atoms with van der Waals surface area (Å²) in [4.78, 5) is 11.5. The standard InChI is InChI=1S/C13H15ClFNO2/c1-2-10(8-17)16-13(18)6-4-9-3-5-12(15)11(14)7-9/h3-7,10,17H,2,8H2,1H3,(H,16,18)/b6-4+/t10-/m0/s1. The van der Waals surface area contributed by atoms with Crippen molar-refractivity contribution in [2.24, 2.45) is 0 Å². The van der Waals surface area contributed by atoms with Gasteiger partial charge in [-0.05, 0) is 30.2 Å². The Morgan fingerprint density at radius 1 is 1.61 bits per heavy atom. The number of carbonyl (C=O) groups excluding carboxylic acids is 1. The molecule has 2 N–H and O–H groups in total. The van der Waals surface area contributed by atoms with E-state index in [0.717, 1.165) is 0 Å². The summed E-state index contributed by atoms with van der Waals surface area (Å²) >= 11 is 5.62. The van der Waals surface area contributed by atoms with Crippen molar-refractivity contribution in [1.82, 2.24) is 5.32 Å². The molecule has 0 saturated heterocycles. The van der Waals surface area contributed by atoms with Crippen molar-refractivity contribution < 1.29 is 14.3 Å². The van der Waals surface area contributed by atoms with Crippen molar-refractivity contribution in [2.45, 2.75) is 19.4 Å². The van der Waals surface area contributed by atoms with Gasteiger partial charge in [-0.2, -0.15) is 0 Å². The molecule has 98 valence electrons. The molecule has 0 aliphatic rings. The molecule has 1 rings (SSSR count). The van der Waals surface area contributed by atoms with E-state index in [1.807, 2.05) is 6.92 Å². The maximum Gasteiger partial charge on any atom is 0.244 e. The van der Waals surface area contributed by atoms with E-state index in [4.69, 9.17) is 16.7 Å². The van der Waals surface area contributed by atoms with Gasteiger partial charge in [0.05, 0.1) is 17.7 Å². The summed E-state index contributed by atoms with van der Waals surface area (Å²) < 4.78 is 12.9. The number of aliphatic hydroxyl groups excluding tert-OH is 1. The van der Waals surface area contributed by atoms with Crippen molar-refractivity contribution in [2.75, 3.05) is 6.61 Å². The third kappa shape index (κ3) is 4.47. The highest BCUT2D eigenvalue weighted by Gasteiger charge is 2.06. The van der Waals surface area contributed by atoms with E-state index < -0.39 is 5.82 Å². The van der Waals surface area contributed by atoms with Crippen LogP contribution < -0.4 is 5.32 Å². The average Bonchev–Trinajstić information content (AvgIpc) is 2.37. The van der Waals surface area contributed by atoms with E-state index >= 15 is 0 Å². The van der Waals surface area contributed by atoms with Crippen LogP contribution in [0.4, 0.5) is 4.39 Å². The summed E-state index contributed by atoms with van der Waals surface area (Å²) in [7, 11) is 0. The van der Waals surface area contributed by atoms with Crippen LogP contribution >= 0.6 is 11.6 Å². The number of rotatable bonds is 5. The fraction of sp³-hybridized carbons (Fsp3) is 0.308. The zero-order chi connectivity index (χ0) is 13.5. The van der Waals surface area contributed by atoms with Gasteiger partial charge in [-0.25, -0.2) is 4.39 Å². The van der Waals surface area contributed by atoms with E-state index in [1.165, 1.54) is 30.4 Å². The Kier molecular flexibility index (Phi) is 5.82. The predicted molar refractivity (Wildman–Crippen MR) is 69.8 cm³/mol. The smallest absolute Gasteiger partial charge is 0.244 e. The molecule has 1 aromatic rings. The molecule has 18 heavy (non-hydrogen) atoms. The molecule has 0 bridgehead atoms. The lowest BCUT2D eigenvalue weighted by Crippen LogP contribution is -2.35. The van der Waals surface area contributed by atoms with Gasteiger partial charge in [0.15, 0.2) is 0 Å². The summed E-state index contributed by atoms with van der Waals surface area (Å²) in [6.45, 7) is 1.77. The molecule has 0 radical (unpaired) electrons. The van der Waals surface area contributed by atoms with Crippen LogP contribution in [0.15, 0.2) is 24.3 Å². The molecule has 1 amide bonds. The second-order valence-corrected chi connectivity index (χ2v) is 4.21. The van der Waals surface area contributed by atoms with E-state index in [1.54, 1.807) is 0 Å². The van der Waals surface area contributed by atoms with Crippen molar-refractivity contribution >= 4 is 23.6 Å². The molecular formula is C13H15ClFNO2. The average molecular weight is 272 g/mol. The van der Waals surface area contributed by atoms with Crippen molar-refractivity contribution in [3.63, 3.8) is 0 Å². The van der Waals surface area contributed by atoms with E-state index in [0.29, 0.717) is 12.0 Å². The van der Waals surface area contributed by atoms with Crippen molar-refractivity contribution in [3.8, 4) is 0 Å². The molecule has 0 unspecified atom stereocenters. The van der Waals surface area contributed by atoms with Crippen LogP contribution in [-0.2, 0) is 4.79 Å². The number of nitrogens with one attached hydrogen (secondary N) is 1. The van der Waals surface area contributed by atoms with Crippen LogP contribution in [0.5, 0.6) is 0 Å². The van der Waals surface area contributed by atoms with Gasteiger partial charge in [0.2, 0.25) is 5.91 Å². The largest absolute Gasteiger partial charge is 0.394 e. The molecule has 0 aliphatic carbocycles. The van der Waals surface area contributed by atoms with Gasteiger partial charge < -0.3 is 10.4 Å². The topological polar surface area (TPSA) is 49.3 Å². The summed E-state index contributed by atoms with van der Waals surface area (Å²) in [5.74, 6) is -0.805. The SMILES string of the molecule is CC[C@@H](CO)NC(=O)/C=C/c1ccc(F)c(Cl)c1. The molecule has 3 nitrogen and oxygen atoms in total. The van der Waals surface area contributed by atoms with Crippen LogP contribution in [0.1, 0.15) is 18.9 Å². The Morgan fingerprint density at radius 2 is 2.33 bits per heavy atom. The number of hydrogen-bond acceptors (Lipinski definition) is 2. The summed E-state index contributed by atoms with van der Waals surface area (Å²) in [5.41, 5.74) is 0.633. The van der Waals surface area contributed by atoms with Crippen LogP contribution in [0.25, 0.3) is 6.08 Å². The lowest BCUT2D eigenvalue weighted by Gasteiger charge is -2.11. The van der Waals surface area contributed by atoms with E-state index in [9.17, 15) is 9.18 Å². The highest BCUT2D eigenvalue weighted by molar-refractivity contribution is 6.30. The monoisotopic (exact) mass is 271 g/mol. The minimum atomic E-state index is -0.496.